The lowest BCUT2D eigenvalue weighted by molar-refractivity contribution is 1.01. The van der Waals surface area contributed by atoms with E-state index in [0.717, 1.165) is 29.9 Å². The van der Waals surface area contributed by atoms with Gasteiger partial charge in [-0.1, -0.05) is 127 Å². The van der Waals surface area contributed by atoms with Crippen molar-refractivity contribution in [3.05, 3.63) is 203 Å². The van der Waals surface area contributed by atoms with Crippen LogP contribution in [-0.2, 0) is 0 Å². The van der Waals surface area contributed by atoms with Gasteiger partial charge >= 0.3 is 0 Å². The summed E-state index contributed by atoms with van der Waals surface area (Å²) >= 11 is 0. The van der Waals surface area contributed by atoms with Gasteiger partial charge in [-0.2, -0.15) is 0 Å². The fourth-order valence-electron chi connectivity index (χ4n) is 8.08. The van der Waals surface area contributed by atoms with Crippen LogP contribution in [0.15, 0.2) is 186 Å². The van der Waals surface area contributed by atoms with E-state index in [4.69, 9.17) is 0 Å². The second kappa shape index (κ2) is 12.6. The molecule has 6 aromatic carbocycles. The molecular weight excluding hydrogens is 617 g/mol. The zero-order valence-corrected chi connectivity index (χ0v) is 29.2. The van der Waals surface area contributed by atoms with Crippen molar-refractivity contribution >= 4 is 44.7 Å². The summed E-state index contributed by atoms with van der Waals surface area (Å²) in [5.41, 5.74) is 16.1. The van der Waals surface area contributed by atoms with Crippen molar-refractivity contribution in [2.75, 3.05) is 10.2 Å². The summed E-state index contributed by atoms with van der Waals surface area (Å²) in [4.78, 5) is 2.42. The van der Waals surface area contributed by atoms with Crippen molar-refractivity contribution in [1.29, 1.82) is 0 Å². The Morgan fingerprint density at radius 3 is 2.25 bits per heavy atom. The van der Waals surface area contributed by atoms with Crippen molar-refractivity contribution in [1.82, 2.24) is 0 Å². The lowest BCUT2D eigenvalue weighted by Crippen LogP contribution is -2.18. The molecule has 0 saturated carbocycles. The van der Waals surface area contributed by atoms with Gasteiger partial charge < -0.3 is 10.2 Å². The molecule has 0 amide bonds. The Kier molecular flexibility index (Phi) is 7.66. The van der Waals surface area contributed by atoms with Gasteiger partial charge in [-0.05, 0) is 130 Å². The topological polar surface area (TPSA) is 15.3 Å². The van der Waals surface area contributed by atoms with E-state index in [9.17, 15) is 0 Å². The molecule has 0 heterocycles. The van der Waals surface area contributed by atoms with E-state index in [-0.39, 0.29) is 6.04 Å². The quantitative estimate of drug-likeness (QED) is 0.184. The molecular formula is C49H40N2. The summed E-state index contributed by atoms with van der Waals surface area (Å²) in [7, 11) is 0. The first-order chi connectivity index (χ1) is 25.0. The maximum atomic E-state index is 4.47. The van der Waals surface area contributed by atoms with Crippen LogP contribution >= 0.6 is 0 Å². The average molecular weight is 657 g/mol. The lowest BCUT2D eigenvalue weighted by Gasteiger charge is -2.31. The Labute approximate surface area is 300 Å². The number of aryl methyl sites for hydroxylation is 1. The van der Waals surface area contributed by atoms with Crippen LogP contribution in [0.5, 0.6) is 0 Å². The fourth-order valence-corrected chi connectivity index (χ4v) is 8.08. The van der Waals surface area contributed by atoms with Crippen molar-refractivity contribution in [3.63, 3.8) is 0 Å². The predicted molar refractivity (Wildman–Crippen MR) is 218 cm³/mol. The molecule has 0 spiro atoms. The van der Waals surface area contributed by atoms with Crippen LogP contribution in [0.1, 0.15) is 42.5 Å². The summed E-state index contributed by atoms with van der Waals surface area (Å²) < 4.78 is 0. The third-order valence-corrected chi connectivity index (χ3v) is 10.7. The number of hydrogen-bond acceptors (Lipinski definition) is 2. The molecule has 9 rings (SSSR count). The number of benzene rings is 6. The SMILES string of the molecule is C=C1CC=C(N(c2ccc(NC3C=Cc4cccc(-c5cc6ccccc6cc5C)c43)cc2)c2cccc3ccccc23)C=C1C1=C(C)CC=C1. The smallest absolute Gasteiger partial charge is 0.0713 e. The van der Waals surface area contributed by atoms with Crippen LogP contribution in [0.25, 0.3) is 38.7 Å². The highest BCUT2D eigenvalue weighted by Gasteiger charge is 2.24. The van der Waals surface area contributed by atoms with Crippen LogP contribution < -0.4 is 10.2 Å². The molecule has 0 saturated heterocycles. The second-order valence-corrected chi connectivity index (χ2v) is 14.0. The number of rotatable bonds is 7. The van der Waals surface area contributed by atoms with Gasteiger partial charge in [0.05, 0.1) is 11.7 Å². The summed E-state index contributed by atoms with van der Waals surface area (Å²) in [5.74, 6) is 0. The minimum atomic E-state index is 0.0654. The Balaban J connectivity index is 1.08. The van der Waals surface area contributed by atoms with Crippen LogP contribution in [0.4, 0.5) is 17.1 Å². The van der Waals surface area contributed by atoms with Crippen molar-refractivity contribution < 1.29 is 0 Å². The maximum Gasteiger partial charge on any atom is 0.0713 e. The van der Waals surface area contributed by atoms with Gasteiger partial charge in [0.25, 0.3) is 0 Å². The molecule has 2 nitrogen and oxygen atoms in total. The molecule has 3 aliphatic rings. The lowest BCUT2D eigenvalue weighted by atomic mass is 9.90. The highest BCUT2D eigenvalue weighted by atomic mass is 15.1. The number of hydrogen-bond donors (Lipinski definition) is 1. The van der Waals surface area contributed by atoms with Crippen molar-refractivity contribution in [2.24, 2.45) is 0 Å². The van der Waals surface area contributed by atoms with E-state index in [1.54, 1.807) is 0 Å². The first kappa shape index (κ1) is 30.9. The van der Waals surface area contributed by atoms with E-state index in [1.165, 1.54) is 77.3 Å². The second-order valence-electron chi connectivity index (χ2n) is 14.0. The molecule has 6 aromatic rings. The fraction of sp³-hybridized carbons (Fsp3) is 0.102. The summed E-state index contributed by atoms with van der Waals surface area (Å²) in [6, 6.07) is 44.3. The number of fused-ring (bicyclic) bond motifs is 3. The molecule has 0 aromatic heterocycles. The molecule has 51 heavy (non-hydrogen) atoms. The van der Waals surface area contributed by atoms with Gasteiger partial charge in [-0.15, -0.1) is 0 Å². The number of anilines is 3. The summed E-state index contributed by atoms with van der Waals surface area (Å²) in [5, 5.41) is 8.87. The molecule has 3 aliphatic carbocycles. The largest absolute Gasteiger partial charge is 0.375 e. The van der Waals surface area contributed by atoms with E-state index in [2.05, 4.69) is 188 Å². The Bertz CT molecular complexity index is 2530. The van der Waals surface area contributed by atoms with E-state index >= 15 is 0 Å². The Hall–Kier alpha value is -6.12. The van der Waals surface area contributed by atoms with E-state index in [1.807, 2.05) is 0 Å². The summed E-state index contributed by atoms with van der Waals surface area (Å²) in [6.07, 6.45) is 15.6. The zero-order valence-electron chi connectivity index (χ0n) is 29.2. The molecule has 1 unspecified atom stereocenters. The third-order valence-electron chi connectivity index (χ3n) is 10.7. The highest BCUT2D eigenvalue weighted by Crippen LogP contribution is 2.43. The van der Waals surface area contributed by atoms with Gasteiger partial charge in [0.1, 0.15) is 0 Å². The van der Waals surface area contributed by atoms with Crippen molar-refractivity contribution in [2.45, 2.75) is 32.7 Å². The van der Waals surface area contributed by atoms with E-state index in [0.29, 0.717) is 0 Å². The van der Waals surface area contributed by atoms with Gasteiger partial charge in [0.2, 0.25) is 0 Å². The molecule has 2 heteroatoms. The van der Waals surface area contributed by atoms with Crippen LogP contribution in [0, 0.1) is 6.92 Å². The Morgan fingerprint density at radius 2 is 1.45 bits per heavy atom. The molecule has 0 aliphatic heterocycles. The number of nitrogens with zero attached hydrogens (tertiary/aromatic N) is 1. The molecule has 0 radical (unpaired) electrons. The number of nitrogens with one attached hydrogen (secondary N) is 1. The molecule has 0 fully saturated rings. The first-order valence-corrected chi connectivity index (χ1v) is 17.9. The third kappa shape index (κ3) is 5.54. The monoisotopic (exact) mass is 656 g/mol. The van der Waals surface area contributed by atoms with Gasteiger partial charge in [-0.3, -0.25) is 0 Å². The Morgan fingerprint density at radius 1 is 0.706 bits per heavy atom. The zero-order chi connectivity index (χ0) is 34.5. The van der Waals surface area contributed by atoms with E-state index < -0.39 is 0 Å². The van der Waals surface area contributed by atoms with Crippen molar-refractivity contribution in [3.8, 4) is 11.1 Å². The van der Waals surface area contributed by atoms with Crippen LogP contribution in [0.3, 0.4) is 0 Å². The minimum Gasteiger partial charge on any atom is -0.375 e. The van der Waals surface area contributed by atoms with Crippen LogP contribution in [-0.4, -0.2) is 0 Å². The normalized spacial score (nSPS) is 16.5. The highest BCUT2D eigenvalue weighted by molar-refractivity contribution is 5.98. The number of allylic oxidation sites excluding steroid dienone is 8. The molecule has 1 atom stereocenters. The van der Waals surface area contributed by atoms with Gasteiger partial charge in [0, 0.05) is 22.5 Å². The predicted octanol–water partition coefficient (Wildman–Crippen LogP) is 13.3. The summed E-state index contributed by atoms with van der Waals surface area (Å²) in [6.45, 7) is 8.93. The van der Waals surface area contributed by atoms with Gasteiger partial charge in [-0.25, -0.2) is 0 Å². The maximum absolute atomic E-state index is 4.47. The minimum absolute atomic E-state index is 0.0654. The standard InChI is InChI=1S/C49H40N2/c1-32-11-8-18-42(32)46-31-41(25-21-33(46)2)51(48-20-10-15-35-12-6-7-17-43(35)48)40-26-23-39(24-27-40)50-47-28-22-36-16-9-19-44(49(36)47)45-30-38-14-5-4-13-37(38)29-34(45)3/h4-10,12-20,22-31,47,50H,2,11,21H2,1,3H3. The molecule has 246 valence electrons. The van der Waals surface area contributed by atoms with Crippen LogP contribution in [0.2, 0.25) is 0 Å². The average Bonchev–Trinajstić information content (AvgIpc) is 3.78. The molecule has 0 bridgehead atoms. The molecule has 1 N–H and O–H groups in total. The first-order valence-electron chi connectivity index (χ1n) is 17.9. The van der Waals surface area contributed by atoms with Gasteiger partial charge in [0.15, 0.2) is 0 Å².